The van der Waals surface area contributed by atoms with Crippen LogP contribution in [0.25, 0.3) is 11.0 Å². The van der Waals surface area contributed by atoms with Gasteiger partial charge in [-0.2, -0.15) is 0 Å². The minimum Gasteiger partial charge on any atom is -0.496 e. The number of piperidine rings is 2. The van der Waals surface area contributed by atoms with Crippen LogP contribution in [-0.4, -0.2) is 53.1 Å². The Bertz CT molecular complexity index is 1000. The number of methoxy groups -OCH3 is 1. The molecule has 2 aliphatic heterocycles. The van der Waals surface area contributed by atoms with Gasteiger partial charge in [-0.25, -0.2) is 4.79 Å². The summed E-state index contributed by atoms with van der Waals surface area (Å²) in [5.74, 6) is 0.527. The Balaban J connectivity index is 1.93. The van der Waals surface area contributed by atoms with E-state index in [2.05, 4.69) is 5.32 Å². The molecule has 2 aromatic rings. The van der Waals surface area contributed by atoms with E-state index >= 15 is 0 Å². The van der Waals surface area contributed by atoms with Gasteiger partial charge in [-0.1, -0.05) is 0 Å². The first kappa shape index (κ1) is 18.7. The monoisotopic (exact) mass is 386 g/mol. The lowest BCUT2D eigenvalue weighted by atomic mass is 9.88. The normalized spacial score (nSPS) is 21.5. The van der Waals surface area contributed by atoms with E-state index in [-0.39, 0.29) is 29.8 Å². The molecular weight excluding hydrogens is 360 g/mol. The molecule has 0 aliphatic carbocycles. The Hall–Kier alpha value is -2.61. The predicted molar refractivity (Wildman–Crippen MR) is 105 cm³/mol. The summed E-state index contributed by atoms with van der Waals surface area (Å²) in [6.07, 6.45) is 2.53. The highest BCUT2D eigenvalue weighted by atomic mass is 16.5. The highest BCUT2D eigenvalue weighted by Crippen LogP contribution is 2.39. The summed E-state index contributed by atoms with van der Waals surface area (Å²) in [5.41, 5.74) is 2.35. The van der Waals surface area contributed by atoms with Crippen molar-refractivity contribution in [2.45, 2.75) is 37.6 Å². The van der Waals surface area contributed by atoms with Crippen LogP contribution in [0.5, 0.6) is 5.75 Å². The molecule has 0 radical (unpaired) electrons. The van der Waals surface area contributed by atoms with Crippen molar-refractivity contribution in [1.29, 1.82) is 0 Å². The van der Waals surface area contributed by atoms with E-state index in [0.717, 1.165) is 53.2 Å². The SMILES string of the molecule is COc1ccc2c(c1C1CCNCC1)n(C)c(=O)n2C1CCC(=O)N(C)C1=O. The topological polar surface area (TPSA) is 85.6 Å². The average molecular weight is 386 g/mol. The van der Waals surface area contributed by atoms with E-state index in [1.807, 2.05) is 12.1 Å². The zero-order valence-electron chi connectivity index (χ0n) is 16.5. The lowest BCUT2D eigenvalue weighted by Crippen LogP contribution is -2.45. The van der Waals surface area contributed by atoms with Gasteiger partial charge in [0.05, 0.1) is 18.1 Å². The third kappa shape index (κ3) is 2.74. The second-order valence-electron chi connectivity index (χ2n) is 7.63. The summed E-state index contributed by atoms with van der Waals surface area (Å²) in [4.78, 5) is 38.9. The van der Waals surface area contributed by atoms with Gasteiger partial charge in [0.25, 0.3) is 5.91 Å². The Labute approximate surface area is 163 Å². The Morgan fingerprint density at radius 3 is 2.46 bits per heavy atom. The number of rotatable bonds is 3. The molecule has 1 aromatic heterocycles. The molecule has 4 rings (SSSR count). The molecule has 8 heteroatoms. The first-order chi connectivity index (χ1) is 13.5. The van der Waals surface area contributed by atoms with Crippen LogP contribution >= 0.6 is 0 Å². The van der Waals surface area contributed by atoms with E-state index < -0.39 is 6.04 Å². The van der Waals surface area contributed by atoms with Crippen molar-refractivity contribution in [3.63, 3.8) is 0 Å². The number of ether oxygens (including phenoxy) is 1. The molecule has 0 spiro atoms. The van der Waals surface area contributed by atoms with Gasteiger partial charge in [-0.3, -0.25) is 23.6 Å². The fraction of sp³-hybridized carbons (Fsp3) is 0.550. The number of nitrogens with zero attached hydrogens (tertiary/aromatic N) is 3. The molecule has 2 saturated heterocycles. The van der Waals surface area contributed by atoms with Crippen LogP contribution in [0.3, 0.4) is 0 Å². The molecule has 3 heterocycles. The second kappa shape index (κ2) is 7.09. The number of amides is 2. The molecule has 1 aromatic carbocycles. The molecule has 2 aliphatic rings. The molecular formula is C20H26N4O4. The third-order valence-corrected chi connectivity index (χ3v) is 6.14. The molecule has 150 valence electrons. The first-order valence-corrected chi connectivity index (χ1v) is 9.74. The van der Waals surface area contributed by atoms with Crippen LogP contribution in [0.4, 0.5) is 0 Å². The van der Waals surface area contributed by atoms with Crippen molar-refractivity contribution < 1.29 is 14.3 Å². The number of aromatic nitrogens is 2. The van der Waals surface area contributed by atoms with E-state index in [1.54, 1.807) is 23.3 Å². The summed E-state index contributed by atoms with van der Waals surface area (Å²) in [6, 6.07) is 3.08. The summed E-state index contributed by atoms with van der Waals surface area (Å²) < 4.78 is 8.83. The summed E-state index contributed by atoms with van der Waals surface area (Å²) in [6.45, 7) is 1.85. The number of fused-ring (bicyclic) bond motifs is 1. The molecule has 2 amide bonds. The highest BCUT2D eigenvalue weighted by molar-refractivity contribution is 6.00. The van der Waals surface area contributed by atoms with Crippen molar-refractivity contribution in [3.05, 3.63) is 28.2 Å². The Morgan fingerprint density at radius 2 is 1.79 bits per heavy atom. The molecule has 1 atom stereocenters. The lowest BCUT2D eigenvalue weighted by molar-refractivity contribution is -0.149. The number of hydrogen-bond acceptors (Lipinski definition) is 5. The zero-order chi connectivity index (χ0) is 20.0. The summed E-state index contributed by atoms with van der Waals surface area (Å²) in [5, 5.41) is 3.37. The van der Waals surface area contributed by atoms with Gasteiger partial charge >= 0.3 is 5.69 Å². The van der Waals surface area contributed by atoms with Gasteiger partial charge < -0.3 is 10.1 Å². The van der Waals surface area contributed by atoms with Gasteiger partial charge in [0, 0.05) is 26.1 Å². The number of carbonyl (C=O) groups excluding carboxylic acids is 2. The molecule has 0 bridgehead atoms. The van der Waals surface area contributed by atoms with E-state index in [4.69, 9.17) is 4.74 Å². The molecule has 28 heavy (non-hydrogen) atoms. The number of nitrogens with one attached hydrogen (secondary N) is 1. The van der Waals surface area contributed by atoms with Crippen LogP contribution in [0, 0.1) is 0 Å². The molecule has 1 unspecified atom stereocenters. The van der Waals surface area contributed by atoms with Crippen LogP contribution < -0.4 is 15.7 Å². The van der Waals surface area contributed by atoms with Crippen molar-refractivity contribution in [1.82, 2.24) is 19.4 Å². The number of imide groups is 1. The zero-order valence-corrected chi connectivity index (χ0v) is 16.5. The van der Waals surface area contributed by atoms with Gasteiger partial charge in [-0.15, -0.1) is 0 Å². The van der Waals surface area contributed by atoms with Crippen LogP contribution in [0.1, 0.15) is 43.2 Å². The van der Waals surface area contributed by atoms with Crippen LogP contribution in [0.2, 0.25) is 0 Å². The van der Waals surface area contributed by atoms with Crippen LogP contribution in [0.15, 0.2) is 16.9 Å². The van der Waals surface area contributed by atoms with Crippen molar-refractivity contribution in [2.24, 2.45) is 7.05 Å². The van der Waals surface area contributed by atoms with Gasteiger partial charge in [0.2, 0.25) is 5.91 Å². The maximum absolute atomic E-state index is 13.2. The number of hydrogen-bond donors (Lipinski definition) is 1. The fourth-order valence-electron chi connectivity index (χ4n) is 4.61. The largest absolute Gasteiger partial charge is 0.496 e. The third-order valence-electron chi connectivity index (χ3n) is 6.14. The Kier molecular flexibility index (Phi) is 4.74. The Morgan fingerprint density at radius 1 is 1.07 bits per heavy atom. The standard InChI is InChI=1S/C20H26N4O4/c1-22-16(25)7-5-14(19(22)26)24-13-4-6-15(28-3)17(12-8-10-21-11-9-12)18(13)23(2)20(24)27/h4,6,12,14,21H,5,7-11H2,1-3H3. The lowest BCUT2D eigenvalue weighted by Gasteiger charge is -2.28. The number of carbonyl (C=O) groups is 2. The molecule has 2 fully saturated rings. The molecule has 1 N–H and O–H groups in total. The average Bonchev–Trinajstić information content (AvgIpc) is 2.97. The minimum absolute atomic E-state index is 0.202. The second-order valence-corrected chi connectivity index (χ2v) is 7.63. The van der Waals surface area contributed by atoms with E-state index in [0.29, 0.717) is 6.42 Å². The van der Waals surface area contributed by atoms with E-state index in [1.165, 1.54) is 7.05 Å². The van der Waals surface area contributed by atoms with E-state index in [9.17, 15) is 14.4 Å². The maximum Gasteiger partial charge on any atom is 0.329 e. The van der Waals surface area contributed by atoms with Gasteiger partial charge in [0.1, 0.15) is 11.8 Å². The van der Waals surface area contributed by atoms with Crippen LogP contribution in [-0.2, 0) is 16.6 Å². The van der Waals surface area contributed by atoms with Gasteiger partial charge in [-0.05, 0) is 50.4 Å². The number of benzene rings is 1. The summed E-state index contributed by atoms with van der Waals surface area (Å²) in [7, 11) is 4.87. The first-order valence-electron chi connectivity index (χ1n) is 9.74. The van der Waals surface area contributed by atoms with Gasteiger partial charge in [0.15, 0.2) is 0 Å². The number of likely N-dealkylation sites (N-methyl/N-ethyl adjacent to an activating group) is 1. The quantitative estimate of drug-likeness (QED) is 0.800. The predicted octanol–water partition coefficient (Wildman–Crippen LogP) is 1.14. The highest BCUT2D eigenvalue weighted by Gasteiger charge is 2.36. The maximum atomic E-state index is 13.2. The number of aryl methyl sites for hydroxylation is 1. The van der Waals surface area contributed by atoms with Crippen molar-refractivity contribution in [3.8, 4) is 5.75 Å². The number of likely N-dealkylation sites (tertiary alicyclic amines) is 1. The smallest absolute Gasteiger partial charge is 0.329 e. The summed E-state index contributed by atoms with van der Waals surface area (Å²) >= 11 is 0. The fourth-order valence-corrected chi connectivity index (χ4v) is 4.61. The molecule has 8 nitrogen and oxygen atoms in total. The minimum atomic E-state index is -0.659. The molecule has 0 saturated carbocycles. The van der Waals surface area contributed by atoms with Crippen molar-refractivity contribution in [2.75, 3.05) is 27.2 Å². The van der Waals surface area contributed by atoms with Crippen molar-refractivity contribution >= 4 is 22.8 Å². The number of imidazole rings is 1.